The van der Waals surface area contributed by atoms with Crippen LogP contribution in [0.25, 0.3) is 0 Å². The van der Waals surface area contributed by atoms with Gasteiger partial charge in [-0.1, -0.05) is 12.1 Å². The molecule has 0 fully saturated rings. The van der Waals surface area contributed by atoms with Crippen molar-refractivity contribution in [2.45, 2.75) is 40.4 Å². The highest BCUT2D eigenvalue weighted by molar-refractivity contribution is 5.72. The molecule has 1 aromatic rings. The molecule has 0 saturated heterocycles. The first kappa shape index (κ1) is 17.9. The highest BCUT2D eigenvalue weighted by Gasteiger charge is 2.14. The molecule has 0 aliphatic rings. The number of anilines is 1. The van der Waals surface area contributed by atoms with Gasteiger partial charge >= 0.3 is 5.97 Å². The predicted octanol–water partition coefficient (Wildman–Crippen LogP) is 3.43. The average molecular weight is 307 g/mol. The maximum atomic E-state index is 11.0. The van der Waals surface area contributed by atoms with E-state index in [1.807, 2.05) is 19.1 Å². The Hall–Kier alpha value is -2.17. The minimum Gasteiger partial charge on any atom is -0.481 e. The first-order chi connectivity index (χ1) is 10.5. The molecular formula is C17H25NO4. The molecule has 5 heteroatoms. The normalized spacial score (nSPS) is 12.2. The summed E-state index contributed by atoms with van der Waals surface area (Å²) in [6.45, 7) is 9.52. The van der Waals surface area contributed by atoms with Gasteiger partial charge in [-0.25, -0.2) is 0 Å². The fraction of sp³-hybridized carbons (Fsp3) is 0.471. The number of carbonyl (C=O) groups is 1. The van der Waals surface area contributed by atoms with Gasteiger partial charge in [0.2, 0.25) is 6.29 Å². The van der Waals surface area contributed by atoms with Gasteiger partial charge < -0.3 is 19.5 Å². The summed E-state index contributed by atoms with van der Waals surface area (Å²) in [5, 5.41) is 9.03. The van der Waals surface area contributed by atoms with Crippen molar-refractivity contribution in [3.8, 4) is 5.75 Å². The summed E-state index contributed by atoms with van der Waals surface area (Å²) < 4.78 is 11.1. The lowest BCUT2D eigenvalue weighted by molar-refractivity contribution is -0.136. The van der Waals surface area contributed by atoms with Gasteiger partial charge in [-0.15, -0.1) is 0 Å². The largest absolute Gasteiger partial charge is 0.481 e. The Morgan fingerprint density at radius 2 is 2.05 bits per heavy atom. The smallest absolute Gasteiger partial charge is 0.307 e. The number of aliphatic carboxylic acids is 1. The molecule has 22 heavy (non-hydrogen) atoms. The van der Waals surface area contributed by atoms with Gasteiger partial charge in [0.15, 0.2) is 0 Å². The summed E-state index contributed by atoms with van der Waals surface area (Å²) in [6.07, 6.45) is 2.75. The third kappa shape index (κ3) is 5.31. The highest BCUT2D eigenvalue weighted by Crippen LogP contribution is 2.27. The minimum absolute atomic E-state index is 0.0792. The molecule has 1 aromatic carbocycles. The van der Waals surface area contributed by atoms with Crippen molar-refractivity contribution < 1.29 is 19.4 Å². The van der Waals surface area contributed by atoms with E-state index in [9.17, 15) is 4.79 Å². The topological polar surface area (TPSA) is 59.0 Å². The lowest BCUT2D eigenvalue weighted by Crippen LogP contribution is -2.22. The van der Waals surface area contributed by atoms with E-state index in [1.54, 1.807) is 25.3 Å². The van der Waals surface area contributed by atoms with Crippen molar-refractivity contribution in [1.29, 1.82) is 0 Å². The van der Waals surface area contributed by atoms with E-state index in [0.717, 1.165) is 18.8 Å². The van der Waals surface area contributed by atoms with Crippen LogP contribution in [0.2, 0.25) is 0 Å². The predicted molar refractivity (Wildman–Crippen MR) is 87.3 cm³/mol. The van der Waals surface area contributed by atoms with E-state index in [4.69, 9.17) is 14.6 Å². The first-order valence-electron chi connectivity index (χ1n) is 7.54. The zero-order chi connectivity index (χ0) is 16.5. The second kappa shape index (κ2) is 8.97. The van der Waals surface area contributed by atoms with Crippen LogP contribution in [-0.4, -0.2) is 30.5 Å². The van der Waals surface area contributed by atoms with Gasteiger partial charge in [0.05, 0.1) is 12.7 Å². The molecule has 0 aliphatic carbocycles. The fourth-order valence-corrected chi connectivity index (χ4v) is 2.14. The van der Waals surface area contributed by atoms with Crippen LogP contribution in [0.1, 0.15) is 33.3 Å². The van der Waals surface area contributed by atoms with E-state index >= 15 is 0 Å². The number of rotatable bonds is 9. The molecule has 122 valence electrons. The van der Waals surface area contributed by atoms with E-state index in [1.165, 1.54) is 0 Å². The average Bonchev–Trinajstić information content (AvgIpc) is 2.48. The zero-order valence-corrected chi connectivity index (χ0v) is 13.7. The number of carboxylic acids is 1. The quantitative estimate of drug-likeness (QED) is 0.559. The lowest BCUT2D eigenvalue weighted by atomic mass is 10.1. The molecular weight excluding hydrogens is 282 g/mol. The second-order valence-corrected chi connectivity index (χ2v) is 4.83. The molecule has 0 heterocycles. The number of allylic oxidation sites excluding steroid dienone is 1. The fourth-order valence-electron chi connectivity index (χ4n) is 2.14. The third-order valence-electron chi connectivity index (χ3n) is 3.22. The summed E-state index contributed by atoms with van der Waals surface area (Å²) in [6, 6.07) is 5.61. The molecule has 5 nitrogen and oxygen atoms in total. The maximum Gasteiger partial charge on any atom is 0.307 e. The summed E-state index contributed by atoms with van der Waals surface area (Å²) in [5.41, 5.74) is 1.65. The molecule has 0 spiro atoms. The van der Waals surface area contributed by atoms with Gasteiger partial charge in [0.1, 0.15) is 5.75 Å². The summed E-state index contributed by atoms with van der Waals surface area (Å²) in [4.78, 5) is 13.2. The van der Waals surface area contributed by atoms with Gasteiger partial charge in [0.25, 0.3) is 0 Å². The van der Waals surface area contributed by atoms with E-state index < -0.39 is 12.3 Å². The molecule has 0 aromatic heterocycles. The summed E-state index contributed by atoms with van der Waals surface area (Å²) >= 11 is 0. The molecule has 0 aliphatic heterocycles. The van der Waals surface area contributed by atoms with Crippen LogP contribution in [0.15, 0.2) is 30.5 Å². The first-order valence-corrected chi connectivity index (χ1v) is 7.54. The van der Waals surface area contributed by atoms with Crippen molar-refractivity contribution in [2.75, 3.05) is 18.0 Å². The Morgan fingerprint density at radius 1 is 1.36 bits per heavy atom. The molecule has 0 radical (unpaired) electrons. The molecule has 1 atom stereocenters. The molecule has 0 saturated carbocycles. The Kier molecular flexibility index (Phi) is 7.29. The van der Waals surface area contributed by atoms with Gasteiger partial charge in [-0.3, -0.25) is 4.79 Å². The maximum absolute atomic E-state index is 11.0. The molecule has 1 rings (SSSR count). The van der Waals surface area contributed by atoms with Crippen LogP contribution in [0.3, 0.4) is 0 Å². The van der Waals surface area contributed by atoms with Crippen molar-refractivity contribution in [3.05, 3.63) is 36.1 Å². The van der Waals surface area contributed by atoms with Gasteiger partial charge in [-0.2, -0.15) is 0 Å². The van der Waals surface area contributed by atoms with Crippen LogP contribution in [0.5, 0.6) is 5.75 Å². The van der Waals surface area contributed by atoms with Crippen molar-refractivity contribution in [1.82, 2.24) is 0 Å². The van der Waals surface area contributed by atoms with E-state index in [-0.39, 0.29) is 6.42 Å². The Bertz CT molecular complexity index is 509. The molecule has 0 bridgehead atoms. The Labute approximate surface area is 132 Å². The van der Waals surface area contributed by atoms with Gasteiger partial charge in [-0.05, 0) is 26.8 Å². The minimum atomic E-state index is -0.887. The van der Waals surface area contributed by atoms with E-state index in [2.05, 4.69) is 18.7 Å². The van der Waals surface area contributed by atoms with Crippen LogP contribution in [0, 0.1) is 0 Å². The number of ether oxygens (including phenoxy) is 2. The number of carboxylic acid groups (broad SMARTS) is 1. The number of hydrogen-bond donors (Lipinski definition) is 1. The van der Waals surface area contributed by atoms with Crippen LogP contribution < -0.4 is 9.64 Å². The lowest BCUT2D eigenvalue weighted by Gasteiger charge is -2.23. The van der Waals surface area contributed by atoms with Gasteiger partial charge in [0, 0.05) is 37.3 Å². The Balaban J connectivity index is 3.05. The number of benzene rings is 1. The van der Waals surface area contributed by atoms with Crippen LogP contribution in [-0.2, 0) is 16.0 Å². The molecule has 1 N–H and O–H groups in total. The van der Waals surface area contributed by atoms with E-state index in [0.29, 0.717) is 11.3 Å². The second-order valence-electron chi connectivity index (χ2n) is 4.83. The van der Waals surface area contributed by atoms with Crippen molar-refractivity contribution in [2.24, 2.45) is 0 Å². The molecule has 0 amide bonds. The van der Waals surface area contributed by atoms with Crippen LogP contribution >= 0.6 is 0 Å². The monoisotopic (exact) mass is 307 g/mol. The number of nitrogens with zero attached hydrogens (tertiary/aromatic N) is 1. The zero-order valence-electron chi connectivity index (χ0n) is 13.7. The highest BCUT2D eigenvalue weighted by atomic mass is 16.7. The summed E-state index contributed by atoms with van der Waals surface area (Å²) in [5.74, 6) is -0.341. The third-order valence-corrected chi connectivity index (χ3v) is 3.22. The van der Waals surface area contributed by atoms with Crippen molar-refractivity contribution in [3.63, 3.8) is 0 Å². The Morgan fingerprint density at radius 3 is 2.59 bits per heavy atom. The van der Waals surface area contributed by atoms with Crippen molar-refractivity contribution >= 4 is 11.7 Å². The summed E-state index contributed by atoms with van der Waals surface area (Å²) in [7, 11) is 0. The molecule has 1 unspecified atom stereocenters. The SMILES string of the molecule is C/C=C\OC(C)Oc1cc(N(CC)CC)ccc1CC(=O)O. The van der Waals surface area contributed by atoms with Crippen LogP contribution in [0.4, 0.5) is 5.69 Å². The number of hydrogen-bond acceptors (Lipinski definition) is 4. The standard InChI is InChI=1S/C17H25NO4/c1-5-10-21-13(4)22-16-12-15(18(6-2)7-3)9-8-14(16)11-17(19)20/h5,8-10,12-13H,6-7,11H2,1-4H3,(H,19,20)/b10-5-.